The molecule has 1 fully saturated rings. The summed E-state index contributed by atoms with van der Waals surface area (Å²) in [6.45, 7) is 2.03. The fourth-order valence-electron chi connectivity index (χ4n) is 5.50. The van der Waals surface area contributed by atoms with E-state index in [4.69, 9.17) is 4.74 Å². The lowest BCUT2D eigenvalue weighted by Gasteiger charge is -2.36. The van der Waals surface area contributed by atoms with Crippen LogP contribution in [0.2, 0.25) is 0 Å². The van der Waals surface area contributed by atoms with E-state index in [0.29, 0.717) is 18.1 Å². The molecule has 3 aromatic rings. The first-order valence-electron chi connectivity index (χ1n) is 14.3. The summed E-state index contributed by atoms with van der Waals surface area (Å²) in [6, 6.07) is 7.75. The van der Waals surface area contributed by atoms with Crippen LogP contribution in [-0.2, 0) is 4.79 Å². The number of hydrogen-bond donors (Lipinski definition) is 3. The van der Waals surface area contributed by atoms with Gasteiger partial charge in [-0.15, -0.1) is 0 Å². The van der Waals surface area contributed by atoms with Gasteiger partial charge >= 0.3 is 0 Å². The normalized spacial score (nSPS) is 19.2. The molecule has 2 unspecified atom stereocenters. The molecule has 230 valence electrons. The van der Waals surface area contributed by atoms with Gasteiger partial charge in [0.05, 0.1) is 36.9 Å². The van der Waals surface area contributed by atoms with E-state index < -0.39 is 42.2 Å². The topological polar surface area (TPSA) is 98.2 Å². The number of aromatic nitrogens is 1. The number of aliphatic hydroxyl groups excluding tert-OH is 2. The van der Waals surface area contributed by atoms with E-state index in [9.17, 15) is 28.2 Å². The molecule has 1 amide bonds. The van der Waals surface area contributed by atoms with E-state index >= 15 is 0 Å². The number of nitrogens with zero attached hydrogens (tertiary/aromatic N) is 3. The lowest BCUT2D eigenvalue weighted by atomic mass is 9.99. The molecule has 3 heterocycles. The summed E-state index contributed by atoms with van der Waals surface area (Å²) >= 11 is 0. The predicted octanol–water partition coefficient (Wildman–Crippen LogP) is 3.65. The fraction of sp³-hybridized carbons (Fsp3) is 0.333. The van der Waals surface area contributed by atoms with Gasteiger partial charge < -0.3 is 30.1 Å². The zero-order valence-corrected chi connectivity index (χ0v) is 24.1. The van der Waals surface area contributed by atoms with Gasteiger partial charge in [0.1, 0.15) is 5.75 Å². The monoisotopic (exact) mass is 606 g/mol. The second-order valence-electron chi connectivity index (χ2n) is 10.9. The minimum atomic E-state index is -1.64. The van der Waals surface area contributed by atoms with Crippen molar-refractivity contribution in [3.05, 3.63) is 95.1 Å². The summed E-state index contributed by atoms with van der Waals surface area (Å²) in [5.74, 6) is 2.00. The van der Waals surface area contributed by atoms with E-state index in [1.807, 2.05) is 24.3 Å². The van der Waals surface area contributed by atoms with Crippen LogP contribution in [0.25, 0.3) is 10.9 Å². The number of allylic oxidation sites excluding steroid dienone is 2. The quantitative estimate of drug-likeness (QED) is 0.266. The maximum Gasteiger partial charge on any atom is 0.252 e. The molecule has 0 aliphatic carbocycles. The van der Waals surface area contributed by atoms with Gasteiger partial charge in [-0.1, -0.05) is 11.8 Å². The molecule has 0 saturated carbocycles. The number of fused-ring (bicyclic) bond motifs is 1. The van der Waals surface area contributed by atoms with E-state index in [0.717, 1.165) is 59.6 Å². The molecule has 3 N–H and O–H groups in total. The Morgan fingerprint density at radius 3 is 2.75 bits per heavy atom. The highest BCUT2D eigenvalue weighted by molar-refractivity contribution is 5.95. The molecule has 2 aromatic carbocycles. The van der Waals surface area contributed by atoms with Crippen LogP contribution in [0.5, 0.6) is 5.75 Å². The lowest BCUT2D eigenvalue weighted by Crippen LogP contribution is -2.43. The molecule has 8 nitrogen and oxygen atoms in total. The number of amides is 1. The average Bonchev–Trinajstić information content (AvgIpc) is 3.02. The van der Waals surface area contributed by atoms with Crippen LogP contribution in [-0.4, -0.2) is 77.0 Å². The van der Waals surface area contributed by atoms with Crippen molar-refractivity contribution in [3.63, 3.8) is 0 Å². The molecule has 0 spiro atoms. The Kier molecular flexibility index (Phi) is 9.85. The predicted molar refractivity (Wildman–Crippen MR) is 159 cm³/mol. The van der Waals surface area contributed by atoms with Crippen molar-refractivity contribution in [2.24, 2.45) is 5.92 Å². The third-order valence-electron chi connectivity index (χ3n) is 7.75. The number of ether oxygens (including phenoxy) is 1. The van der Waals surface area contributed by atoms with Crippen LogP contribution in [0, 0.1) is 35.2 Å². The van der Waals surface area contributed by atoms with Gasteiger partial charge in [-0.2, -0.15) is 0 Å². The first-order valence-corrected chi connectivity index (χ1v) is 14.3. The van der Waals surface area contributed by atoms with Crippen molar-refractivity contribution in [3.8, 4) is 17.6 Å². The van der Waals surface area contributed by atoms with Gasteiger partial charge in [-0.3, -0.25) is 9.78 Å². The molecule has 0 bridgehead atoms. The zero-order valence-electron chi connectivity index (χ0n) is 24.1. The Morgan fingerprint density at radius 1 is 1.20 bits per heavy atom. The lowest BCUT2D eigenvalue weighted by molar-refractivity contribution is -0.119. The van der Waals surface area contributed by atoms with Crippen LogP contribution >= 0.6 is 0 Å². The number of benzene rings is 2. The van der Waals surface area contributed by atoms with Crippen LogP contribution in [0.4, 0.5) is 13.2 Å². The summed E-state index contributed by atoms with van der Waals surface area (Å²) in [5, 5.41) is 24.3. The number of carbonyl (C=O) groups is 1. The minimum absolute atomic E-state index is 0.0337. The van der Waals surface area contributed by atoms with Gasteiger partial charge in [-0.25, -0.2) is 13.2 Å². The van der Waals surface area contributed by atoms with Crippen molar-refractivity contribution in [1.29, 1.82) is 0 Å². The van der Waals surface area contributed by atoms with Gasteiger partial charge in [0.2, 0.25) is 0 Å². The molecular formula is C33H33F3N4O4. The molecular weight excluding hydrogens is 573 g/mol. The van der Waals surface area contributed by atoms with Crippen LogP contribution in [0.15, 0.2) is 66.5 Å². The first-order chi connectivity index (χ1) is 21.2. The highest BCUT2D eigenvalue weighted by Gasteiger charge is 2.31. The molecule has 1 saturated heterocycles. The molecule has 5 rings (SSSR count). The molecule has 2 aliphatic heterocycles. The van der Waals surface area contributed by atoms with Gasteiger partial charge in [-0.05, 0) is 80.5 Å². The number of aliphatic hydroxyl groups is 2. The molecule has 11 heteroatoms. The maximum absolute atomic E-state index is 13.8. The Balaban J connectivity index is 1.21. The maximum atomic E-state index is 13.8. The second-order valence-corrected chi connectivity index (χ2v) is 10.9. The summed E-state index contributed by atoms with van der Waals surface area (Å²) in [6.07, 6.45) is 6.65. The van der Waals surface area contributed by atoms with Crippen molar-refractivity contribution in [1.82, 2.24) is 20.1 Å². The van der Waals surface area contributed by atoms with Crippen molar-refractivity contribution >= 4 is 16.8 Å². The summed E-state index contributed by atoms with van der Waals surface area (Å²) in [7, 11) is 2.12. The Bertz CT molecular complexity index is 1630. The molecule has 2 aliphatic rings. The number of likely N-dealkylation sites (tertiary alicyclic amines) is 1. The van der Waals surface area contributed by atoms with Crippen molar-refractivity contribution < 1.29 is 32.9 Å². The number of pyridine rings is 1. The fourth-order valence-corrected chi connectivity index (χ4v) is 5.50. The highest BCUT2D eigenvalue weighted by atomic mass is 19.2. The van der Waals surface area contributed by atoms with Crippen molar-refractivity contribution in [2.75, 3.05) is 39.9 Å². The largest absolute Gasteiger partial charge is 0.492 e. The Hall–Kier alpha value is -4.37. The van der Waals surface area contributed by atoms with Gasteiger partial charge in [0, 0.05) is 35.8 Å². The number of carbonyl (C=O) groups excluding carboxylic acids is 1. The van der Waals surface area contributed by atoms with Crippen LogP contribution in [0.3, 0.4) is 0 Å². The van der Waals surface area contributed by atoms with Gasteiger partial charge in [0.15, 0.2) is 23.7 Å². The number of piperidine rings is 1. The second kappa shape index (κ2) is 13.9. The number of halogens is 3. The zero-order chi connectivity index (χ0) is 31.2. The third kappa shape index (κ3) is 7.05. The number of rotatable bonds is 8. The average molecular weight is 607 g/mol. The first kappa shape index (κ1) is 31.1. The summed E-state index contributed by atoms with van der Waals surface area (Å²) < 4.78 is 47.3. The van der Waals surface area contributed by atoms with Crippen LogP contribution < -0.4 is 10.1 Å². The molecule has 0 radical (unpaired) electrons. The number of hydrogen-bond acceptors (Lipinski definition) is 7. The van der Waals surface area contributed by atoms with E-state index in [1.165, 1.54) is 18.4 Å². The summed E-state index contributed by atoms with van der Waals surface area (Å²) in [4.78, 5) is 20.8. The van der Waals surface area contributed by atoms with Crippen molar-refractivity contribution in [2.45, 2.75) is 25.1 Å². The van der Waals surface area contributed by atoms with E-state index in [1.54, 1.807) is 6.20 Å². The molecule has 3 atom stereocenters. The summed E-state index contributed by atoms with van der Waals surface area (Å²) in [5.41, 5.74) is 1.31. The Labute approximate surface area is 253 Å². The van der Waals surface area contributed by atoms with E-state index in [2.05, 4.69) is 34.1 Å². The third-order valence-corrected chi connectivity index (χ3v) is 7.75. The van der Waals surface area contributed by atoms with Crippen LogP contribution in [0.1, 0.15) is 30.0 Å². The number of nitrogens with one attached hydrogen (secondary N) is 1. The molecule has 1 aromatic heterocycles. The minimum Gasteiger partial charge on any atom is -0.492 e. The van der Waals surface area contributed by atoms with Gasteiger partial charge in [0.25, 0.3) is 5.91 Å². The van der Waals surface area contributed by atoms with E-state index in [-0.39, 0.29) is 17.7 Å². The molecule has 44 heavy (non-hydrogen) atoms. The smallest absolute Gasteiger partial charge is 0.252 e. The SMILES string of the molecule is CN1CCC[C@@H](COc2ccnc3ccc(C#CCNC(=O)C4=CC=CN(C(CO)c5cc(F)c(F)c(F)c5)C4O)cc23)C1. The Morgan fingerprint density at radius 2 is 2.00 bits per heavy atom. The standard InChI is InChI=1S/C33H33F3N4O4/c1-39-13-3-6-22(18-39)20-44-30-10-12-37-28-9-8-21(15-25(28)30)5-2-11-38-32(42)24-7-4-14-40(33(24)43)29(19-41)23-16-26(34)31(36)27(35)17-23/h4,7-10,12,14-17,22,29,33,41,43H,3,6,11,13,18-20H2,1H3,(H,38,42)/t22-,29?,33?/m1/s1. The highest BCUT2D eigenvalue weighted by Crippen LogP contribution is 2.30.